The van der Waals surface area contributed by atoms with Crippen molar-refractivity contribution < 1.29 is 0 Å². The molecule has 21 heavy (non-hydrogen) atoms. The van der Waals surface area contributed by atoms with Gasteiger partial charge in [-0.1, -0.05) is 37.3 Å². The maximum absolute atomic E-state index is 11.7. The number of hydrogen-bond acceptors (Lipinski definition) is 2. The zero-order valence-corrected chi connectivity index (χ0v) is 12.9. The Hall–Kier alpha value is -2.03. The molecule has 0 bridgehead atoms. The molecule has 0 amide bonds. The van der Waals surface area contributed by atoms with Crippen LogP contribution in [0.2, 0.25) is 0 Å². The fraction of sp³-hybridized carbons (Fsp3) is 0.389. The van der Waals surface area contributed by atoms with Gasteiger partial charge in [0, 0.05) is 24.8 Å². The Morgan fingerprint density at radius 2 is 1.90 bits per heavy atom. The van der Waals surface area contributed by atoms with Gasteiger partial charge in [0.05, 0.1) is 5.69 Å². The number of aromatic nitrogens is 1. The number of benzene rings is 1. The van der Waals surface area contributed by atoms with Crippen molar-refractivity contribution in [3.8, 4) is 0 Å². The van der Waals surface area contributed by atoms with E-state index < -0.39 is 0 Å². The Labute approximate surface area is 126 Å². The van der Waals surface area contributed by atoms with E-state index in [1.54, 1.807) is 10.6 Å². The van der Waals surface area contributed by atoms with Gasteiger partial charge in [0.25, 0.3) is 5.56 Å². The van der Waals surface area contributed by atoms with E-state index in [2.05, 4.69) is 43.4 Å². The molecule has 1 heterocycles. The zero-order valence-electron chi connectivity index (χ0n) is 12.9. The summed E-state index contributed by atoms with van der Waals surface area (Å²) in [6.07, 6.45) is 5.01. The average Bonchev–Trinajstić information content (AvgIpc) is 2.50. The minimum absolute atomic E-state index is 0.0688. The third-order valence-electron chi connectivity index (χ3n) is 3.57. The molecule has 2 rings (SSSR count). The van der Waals surface area contributed by atoms with E-state index in [0.717, 1.165) is 31.5 Å². The zero-order chi connectivity index (χ0) is 15.1. The van der Waals surface area contributed by atoms with Crippen molar-refractivity contribution in [3.05, 3.63) is 64.6 Å². The Morgan fingerprint density at radius 1 is 1.14 bits per heavy atom. The lowest BCUT2D eigenvalue weighted by Crippen LogP contribution is -2.21. The van der Waals surface area contributed by atoms with Crippen LogP contribution in [-0.2, 0) is 13.0 Å². The number of aryl methyl sites for hydroxylation is 2. The third-order valence-corrected chi connectivity index (χ3v) is 3.57. The smallest absolute Gasteiger partial charge is 0.250 e. The van der Waals surface area contributed by atoms with Crippen LogP contribution in [0.5, 0.6) is 0 Å². The minimum atomic E-state index is 0.0688. The van der Waals surface area contributed by atoms with Gasteiger partial charge < -0.3 is 9.88 Å². The van der Waals surface area contributed by atoms with Gasteiger partial charge in [0.15, 0.2) is 0 Å². The van der Waals surface area contributed by atoms with Gasteiger partial charge in [-0.05, 0) is 37.8 Å². The molecular weight excluding hydrogens is 260 g/mol. The van der Waals surface area contributed by atoms with E-state index in [1.165, 1.54) is 5.56 Å². The van der Waals surface area contributed by atoms with Crippen molar-refractivity contribution in [1.82, 2.24) is 4.57 Å². The Balaban J connectivity index is 1.91. The number of rotatable bonds is 7. The lowest BCUT2D eigenvalue weighted by molar-refractivity contribution is 0.651. The van der Waals surface area contributed by atoms with Crippen molar-refractivity contribution in [2.24, 2.45) is 0 Å². The van der Waals surface area contributed by atoms with E-state index in [0.29, 0.717) is 6.04 Å². The predicted molar refractivity (Wildman–Crippen MR) is 88.8 cm³/mol. The van der Waals surface area contributed by atoms with E-state index in [9.17, 15) is 4.79 Å². The Morgan fingerprint density at radius 3 is 2.62 bits per heavy atom. The van der Waals surface area contributed by atoms with Crippen LogP contribution < -0.4 is 10.9 Å². The molecule has 0 saturated carbocycles. The minimum Gasteiger partial charge on any atom is -0.381 e. The number of pyridine rings is 1. The summed E-state index contributed by atoms with van der Waals surface area (Å²) in [6.45, 7) is 5.03. The molecule has 3 heteroatoms. The van der Waals surface area contributed by atoms with Gasteiger partial charge in [-0.2, -0.15) is 0 Å². The number of nitrogens with one attached hydrogen (secondary N) is 1. The van der Waals surface area contributed by atoms with Crippen molar-refractivity contribution >= 4 is 5.69 Å². The highest BCUT2D eigenvalue weighted by molar-refractivity contribution is 5.41. The van der Waals surface area contributed by atoms with E-state index in [4.69, 9.17) is 0 Å². The lowest BCUT2D eigenvalue weighted by Gasteiger charge is -2.16. The summed E-state index contributed by atoms with van der Waals surface area (Å²) >= 11 is 0. The fourth-order valence-electron chi connectivity index (χ4n) is 2.42. The van der Waals surface area contributed by atoms with Crippen LogP contribution in [0.1, 0.15) is 32.3 Å². The molecule has 112 valence electrons. The largest absolute Gasteiger partial charge is 0.381 e. The van der Waals surface area contributed by atoms with Crippen LogP contribution in [-0.4, -0.2) is 10.6 Å². The summed E-state index contributed by atoms with van der Waals surface area (Å²) in [5, 5.41) is 3.48. The van der Waals surface area contributed by atoms with Gasteiger partial charge >= 0.3 is 0 Å². The molecular formula is C18H24N2O. The molecule has 1 N–H and O–H groups in total. The highest BCUT2D eigenvalue weighted by Crippen LogP contribution is 2.10. The van der Waals surface area contributed by atoms with Gasteiger partial charge in [-0.3, -0.25) is 4.79 Å². The summed E-state index contributed by atoms with van der Waals surface area (Å²) in [5.41, 5.74) is 2.45. The van der Waals surface area contributed by atoms with Crippen LogP contribution in [0.25, 0.3) is 0 Å². The monoisotopic (exact) mass is 284 g/mol. The average molecular weight is 284 g/mol. The number of anilines is 1. The molecule has 1 unspecified atom stereocenters. The molecule has 0 aliphatic rings. The standard InChI is InChI=1S/C18H24N2O/c1-3-13-20-14-17(11-12-18(20)21)19-15(2)9-10-16-7-5-4-6-8-16/h4-8,11-12,14-15,19H,3,9-10,13H2,1-2H3. The third kappa shape index (κ3) is 4.78. The first-order valence-electron chi connectivity index (χ1n) is 7.70. The highest BCUT2D eigenvalue weighted by Gasteiger charge is 2.04. The van der Waals surface area contributed by atoms with Crippen molar-refractivity contribution in [3.63, 3.8) is 0 Å². The second kappa shape index (κ2) is 7.67. The second-order valence-electron chi connectivity index (χ2n) is 5.52. The SMILES string of the molecule is CCCn1cc(NC(C)CCc2ccccc2)ccc1=O. The van der Waals surface area contributed by atoms with Crippen molar-refractivity contribution in [1.29, 1.82) is 0 Å². The fourth-order valence-corrected chi connectivity index (χ4v) is 2.42. The first-order valence-corrected chi connectivity index (χ1v) is 7.70. The van der Waals surface area contributed by atoms with Crippen molar-refractivity contribution in [2.75, 3.05) is 5.32 Å². The molecule has 3 nitrogen and oxygen atoms in total. The summed E-state index contributed by atoms with van der Waals surface area (Å²) in [6, 6.07) is 14.4. The summed E-state index contributed by atoms with van der Waals surface area (Å²) in [7, 11) is 0. The first kappa shape index (κ1) is 15.4. The molecule has 0 aliphatic heterocycles. The van der Waals surface area contributed by atoms with Gasteiger partial charge in [-0.15, -0.1) is 0 Å². The molecule has 0 radical (unpaired) electrons. The van der Waals surface area contributed by atoms with Crippen LogP contribution in [0.4, 0.5) is 5.69 Å². The van der Waals surface area contributed by atoms with Gasteiger partial charge in [0.1, 0.15) is 0 Å². The van der Waals surface area contributed by atoms with Crippen molar-refractivity contribution in [2.45, 2.75) is 45.7 Å². The number of hydrogen-bond donors (Lipinski definition) is 1. The maximum Gasteiger partial charge on any atom is 0.250 e. The van der Waals surface area contributed by atoms with E-state index in [1.807, 2.05) is 18.3 Å². The molecule has 1 atom stereocenters. The maximum atomic E-state index is 11.7. The predicted octanol–water partition coefficient (Wildman–Crippen LogP) is 3.69. The first-order chi connectivity index (χ1) is 10.2. The van der Waals surface area contributed by atoms with Gasteiger partial charge in [-0.25, -0.2) is 0 Å². The Bertz CT molecular complexity index is 604. The summed E-state index contributed by atoms with van der Waals surface area (Å²) < 4.78 is 1.77. The summed E-state index contributed by atoms with van der Waals surface area (Å²) in [4.78, 5) is 11.7. The van der Waals surface area contributed by atoms with E-state index in [-0.39, 0.29) is 5.56 Å². The molecule has 0 saturated heterocycles. The molecule has 1 aromatic carbocycles. The molecule has 0 aliphatic carbocycles. The van der Waals surface area contributed by atoms with Crippen LogP contribution in [0.3, 0.4) is 0 Å². The van der Waals surface area contributed by atoms with Crippen LogP contribution in [0, 0.1) is 0 Å². The molecule has 0 spiro atoms. The normalized spacial score (nSPS) is 12.1. The highest BCUT2D eigenvalue weighted by atomic mass is 16.1. The van der Waals surface area contributed by atoms with E-state index >= 15 is 0 Å². The quantitative estimate of drug-likeness (QED) is 0.841. The topological polar surface area (TPSA) is 34.0 Å². The summed E-state index contributed by atoms with van der Waals surface area (Å²) in [5.74, 6) is 0. The lowest BCUT2D eigenvalue weighted by atomic mass is 10.1. The van der Waals surface area contributed by atoms with Crippen LogP contribution >= 0.6 is 0 Å². The Kier molecular flexibility index (Phi) is 5.61. The van der Waals surface area contributed by atoms with Crippen LogP contribution in [0.15, 0.2) is 53.5 Å². The molecule has 1 aromatic heterocycles. The second-order valence-corrected chi connectivity index (χ2v) is 5.52. The number of nitrogens with zero attached hydrogens (tertiary/aromatic N) is 1. The molecule has 0 fully saturated rings. The molecule has 2 aromatic rings. The van der Waals surface area contributed by atoms with Gasteiger partial charge in [0.2, 0.25) is 0 Å².